The lowest BCUT2D eigenvalue weighted by molar-refractivity contribution is -0.132. The Hall–Kier alpha value is -0.570. The number of nitrogens with zero attached hydrogens (tertiary/aromatic N) is 1. The number of rotatable bonds is 8. The van der Waals surface area contributed by atoms with Crippen LogP contribution in [0.4, 0.5) is 0 Å². The summed E-state index contributed by atoms with van der Waals surface area (Å²) in [6.45, 7) is 8.10. The Morgan fingerprint density at radius 3 is 2.47 bits per heavy atom. The predicted octanol–water partition coefficient (Wildman–Crippen LogP) is 2.40. The van der Waals surface area contributed by atoms with Crippen molar-refractivity contribution < 1.29 is 4.79 Å². The average Bonchev–Trinajstić information content (AvgIpc) is 3.10. The largest absolute Gasteiger partial charge is 0.340 e. The van der Waals surface area contributed by atoms with Crippen LogP contribution in [-0.4, -0.2) is 29.9 Å². The summed E-state index contributed by atoms with van der Waals surface area (Å²) >= 11 is 0. The molecule has 0 bridgehead atoms. The van der Waals surface area contributed by atoms with Crippen molar-refractivity contribution in [1.82, 2.24) is 4.90 Å². The smallest absolute Gasteiger partial charge is 0.223 e. The highest BCUT2D eigenvalue weighted by Gasteiger charge is 2.32. The van der Waals surface area contributed by atoms with Crippen LogP contribution >= 0.6 is 0 Å². The summed E-state index contributed by atoms with van der Waals surface area (Å²) in [5.41, 5.74) is 5.67. The minimum Gasteiger partial charge on any atom is -0.340 e. The van der Waals surface area contributed by atoms with Crippen LogP contribution in [0.2, 0.25) is 0 Å². The minimum atomic E-state index is 0.324. The van der Waals surface area contributed by atoms with E-state index in [-0.39, 0.29) is 0 Å². The number of carbonyl (C=O) groups is 1. The van der Waals surface area contributed by atoms with Gasteiger partial charge in [0.05, 0.1) is 0 Å². The molecular formula is C14H28N2O. The van der Waals surface area contributed by atoms with E-state index in [1.165, 1.54) is 12.8 Å². The third kappa shape index (κ3) is 5.07. The summed E-state index contributed by atoms with van der Waals surface area (Å²) < 4.78 is 0. The molecule has 0 aromatic heterocycles. The van der Waals surface area contributed by atoms with E-state index in [1.54, 1.807) is 0 Å². The van der Waals surface area contributed by atoms with E-state index < -0.39 is 0 Å². The van der Waals surface area contributed by atoms with E-state index in [1.807, 2.05) is 0 Å². The quantitative estimate of drug-likeness (QED) is 0.708. The van der Waals surface area contributed by atoms with E-state index in [4.69, 9.17) is 5.73 Å². The van der Waals surface area contributed by atoms with Crippen LogP contribution in [0, 0.1) is 11.8 Å². The zero-order valence-corrected chi connectivity index (χ0v) is 11.6. The van der Waals surface area contributed by atoms with E-state index in [0.29, 0.717) is 36.8 Å². The van der Waals surface area contributed by atoms with Crippen molar-refractivity contribution in [3.8, 4) is 0 Å². The van der Waals surface area contributed by atoms with Gasteiger partial charge in [0.2, 0.25) is 5.91 Å². The molecule has 3 nitrogen and oxygen atoms in total. The molecule has 1 atom stereocenters. The Kier molecular flexibility index (Phi) is 5.96. The van der Waals surface area contributed by atoms with Gasteiger partial charge in [-0.25, -0.2) is 0 Å². The third-order valence-electron chi connectivity index (χ3n) is 3.63. The van der Waals surface area contributed by atoms with E-state index >= 15 is 0 Å². The molecule has 1 saturated carbocycles. The Balaban J connectivity index is 2.43. The topological polar surface area (TPSA) is 46.3 Å². The second-order valence-corrected chi connectivity index (χ2v) is 5.71. The van der Waals surface area contributed by atoms with Crippen molar-refractivity contribution in [2.75, 3.05) is 13.1 Å². The maximum atomic E-state index is 12.2. The normalized spacial score (nSPS) is 17.2. The Morgan fingerprint density at radius 1 is 1.41 bits per heavy atom. The van der Waals surface area contributed by atoms with Gasteiger partial charge in [-0.05, 0) is 37.6 Å². The fourth-order valence-electron chi connectivity index (χ4n) is 2.05. The van der Waals surface area contributed by atoms with Crippen LogP contribution in [0.15, 0.2) is 0 Å². The highest BCUT2D eigenvalue weighted by Crippen LogP contribution is 2.28. The number of hydrogen-bond donors (Lipinski definition) is 1. The van der Waals surface area contributed by atoms with Crippen molar-refractivity contribution in [2.24, 2.45) is 17.6 Å². The Morgan fingerprint density at radius 2 is 2.06 bits per heavy atom. The monoisotopic (exact) mass is 240 g/mol. The van der Waals surface area contributed by atoms with Gasteiger partial charge in [0.1, 0.15) is 0 Å². The molecule has 1 aliphatic carbocycles. The number of hydrogen-bond acceptors (Lipinski definition) is 2. The molecule has 1 unspecified atom stereocenters. The fourth-order valence-corrected chi connectivity index (χ4v) is 2.05. The fraction of sp³-hybridized carbons (Fsp3) is 0.929. The van der Waals surface area contributed by atoms with Crippen LogP contribution < -0.4 is 5.73 Å². The van der Waals surface area contributed by atoms with Gasteiger partial charge in [-0.15, -0.1) is 0 Å². The third-order valence-corrected chi connectivity index (χ3v) is 3.63. The first kappa shape index (κ1) is 14.5. The lowest BCUT2D eigenvalue weighted by Gasteiger charge is -2.25. The molecule has 17 heavy (non-hydrogen) atoms. The lowest BCUT2D eigenvalue weighted by atomic mass is 10.0. The van der Waals surface area contributed by atoms with Crippen LogP contribution in [0.3, 0.4) is 0 Å². The maximum absolute atomic E-state index is 12.2. The summed E-state index contributed by atoms with van der Waals surface area (Å²) in [5.74, 6) is 1.36. The molecule has 100 valence electrons. The van der Waals surface area contributed by atoms with Crippen LogP contribution in [0.1, 0.15) is 52.9 Å². The molecule has 1 aliphatic rings. The van der Waals surface area contributed by atoms with Crippen LogP contribution in [0.5, 0.6) is 0 Å². The molecule has 3 heteroatoms. The van der Waals surface area contributed by atoms with Gasteiger partial charge < -0.3 is 10.6 Å². The number of amides is 1. The molecule has 0 spiro atoms. The standard InChI is InChI=1S/C14H28N2O/c1-4-12(10-15)9-14(17)16(13-5-6-13)8-7-11(2)3/h11-13H,4-10,15H2,1-3H3. The minimum absolute atomic E-state index is 0.324. The summed E-state index contributed by atoms with van der Waals surface area (Å²) in [4.78, 5) is 14.3. The Bertz CT molecular complexity index is 232. The first-order valence-electron chi connectivity index (χ1n) is 7.08. The second kappa shape index (κ2) is 7.00. The predicted molar refractivity (Wildman–Crippen MR) is 71.6 cm³/mol. The molecule has 1 fully saturated rings. The van der Waals surface area contributed by atoms with Gasteiger partial charge in [0.15, 0.2) is 0 Å². The van der Waals surface area contributed by atoms with Crippen molar-refractivity contribution in [2.45, 2.75) is 58.9 Å². The lowest BCUT2D eigenvalue weighted by Crippen LogP contribution is -2.36. The summed E-state index contributed by atoms with van der Waals surface area (Å²) in [6.07, 6.45) is 5.15. The number of carbonyl (C=O) groups excluding carboxylic acids is 1. The Labute approximate surface area is 106 Å². The average molecular weight is 240 g/mol. The molecule has 1 rings (SSSR count). The van der Waals surface area contributed by atoms with Crippen molar-refractivity contribution in [3.63, 3.8) is 0 Å². The zero-order chi connectivity index (χ0) is 12.8. The summed E-state index contributed by atoms with van der Waals surface area (Å²) in [6, 6.07) is 0.538. The number of nitrogens with two attached hydrogens (primary N) is 1. The molecular weight excluding hydrogens is 212 g/mol. The van der Waals surface area contributed by atoms with Gasteiger partial charge in [0.25, 0.3) is 0 Å². The first-order chi connectivity index (χ1) is 8.08. The van der Waals surface area contributed by atoms with Crippen LogP contribution in [0.25, 0.3) is 0 Å². The van der Waals surface area contributed by atoms with Crippen molar-refractivity contribution >= 4 is 5.91 Å². The van der Waals surface area contributed by atoms with Crippen molar-refractivity contribution in [1.29, 1.82) is 0 Å². The molecule has 2 N–H and O–H groups in total. The second-order valence-electron chi connectivity index (χ2n) is 5.71. The summed E-state index contributed by atoms with van der Waals surface area (Å²) in [5, 5.41) is 0. The zero-order valence-electron chi connectivity index (χ0n) is 11.6. The van der Waals surface area contributed by atoms with E-state index in [0.717, 1.165) is 19.4 Å². The van der Waals surface area contributed by atoms with Gasteiger partial charge >= 0.3 is 0 Å². The molecule has 1 amide bonds. The van der Waals surface area contributed by atoms with Crippen molar-refractivity contribution in [3.05, 3.63) is 0 Å². The van der Waals surface area contributed by atoms with E-state index in [2.05, 4.69) is 25.7 Å². The molecule has 0 aromatic rings. The van der Waals surface area contributed by atoms with Crippen LogP contribution in [-0.2, 0) is 4.79 Å². The first-order valence-corrected chi connectivity index (χ1v) is 7.08. The molecule has 0 saturated heterocycles. The van der Waals surface area contributed by atoms with Gasteiger partial charge in [-0.3, -0.25) is 4.79 Å². The molecule has 0 aliphatic heterocycles. The molecule has 0 heterocycles. The SMILES string of the molecule is CCC(CN)CC(=O)N(CCC(C)C)C1CC1. The van der Waals surface area contributed by atoms with E-state index in [9.17, 15) is 4.79 Å². The molecule has 0 radical (unpaired) electrons. The van der Waals surface area contributed by atoms with Gasteiger partial charge in [-0.2, -0.15) is 0 Å². The highest BCUT2D eigenvalue weighted by molar-refractivity contribution is 5.77. The summed E-state index contributed by atoms with van der Waals surface area (Å²) in [7, 11) is 0. The maximum Gasteiger partial charge on any atom is 0.223 e. The molecule has 0 aromatic carbocycles. The highest BCUT2D eigenvalue weighted by atomic mass is 16.2. The van der Waals surface area contributed by atoms with Gasteiger partial charge in [0, 0.05) is 19.0 Å². The van der Waals surface area contributed by atoms with Gasteiger partial charge in [-0.1, -0.05) is 27.2 Å².